The third-order valence-corrected chi connectivity index (χ3v) is 5.57. The van der Waals surface area contributed by atoms with E-state index >= 15 is 0 Å². The van der Waals surface area contributed by atoms with E-state index in [9.17, 15) is 0 Å². The summed E-state index contributed by atoms with van der Waals surface area (Å²) in [7, 11) is 1.71. The van der Waals surface area contributed by atoms with E-state index < -0.39 is 0 Å². The molecule has 1 saturated carbocycles. The molecule has 0 atom stereocenters. The molecule has 1 aliphatic carbocycles. The fourth-order valence-corrected chi connectivity index (χ4v) is 3.79. The predicted molar refractivity (Wildman–Crippen MR) is 111 cm³/mol. The SMILES string of the molecule is COc1cc(CNC2CCCCCCC2)ccc1OCc1ccccc1C. The van der Waals surface area contributed by atoms with Crippen LogP contribution in [0.5, 0.6) is 11.5 Å². The molecule has 0 spiro atoms. The number of hydrogen-bond donors (Lipinski definition) is 1. The first-order chi connectivity index (χ1) is 13.3. The Labute approximate surface area is 164 Å². The van der Waals surface area contributed by atoms with Gasteiger partial charge in [0.1, 0.15) is 6.61 Å². The molecule has 0 radical (unpaired) electrons. The summed E-state index contributed by atoms with van der Waals surface area (Å²) < 4.78 is 11.6. The Kier molecular flexibility index (Phi) is 7.58. The van der Waals surface area contributed by atoms with Crippen LogP contribution in [0, 0.1) is 6.92 Å². The molecule has 0 heterocycles. The first kappa shape index (κ1) is 19.8. The maximum Gasteiger partial charge on any atom is 0.161 e. The molecular formula is C24H33NO2. The van der Waals surface area contributed by atoms with Crippen molar-refractivity contribution < 1.29 is 9.47 Å². The molecule has 0 aromatic heterocycles. The lowest BCUT2D eigenvalue weighted by molar-refractivity contribution is 0.283. The van der Waals surface area contributed by atoms with Crippen LogP contribution in [-0.2, 0) is 13.2 Å². The molecule has 0 amide bonds. The van der Waals surface area contributed by atoms with Crippen LogP contribution in [0.1, 0.15) is 61.6 Å². The normalized spacial score (nSPS) is 15.8. The highest BCUT2D eigenvalue weighted by atomic mass is 16.5. The van der Waals surface area contributed by atoms with Gasteiger partial charge < -0.3 is 14.8 Å². The maximum absolute atomic E-state index is 6.03. The fourth-order valence-electron chi connectivity index (χ4n) is 3.79. The molecule has 3 heteroatoms. The van der Waals surface area contributed by atoms with Gasteiger partial charge in [-0.1, -0.05) is 62.4 Å². The van der Waals surface area contributed by atoms with Crippen molar-refractivity contribution in [1.29, 1.82) is 0 Å². The summed E-state index contributed by atoms with van der Waals surface area (Å²) >= 11 is 0. The smallest absolute Gasteiger partial charge is 0.161 e. The van der Waals surface area contributed by atoms with Gasteiger partial charge in [0, 0.05) is 12.6 Å². The molecule has 2 aromatic rings. The van der Waals surface area contributed by atoms with Gasteiger partial charge in [0.25, 0.3) is 0 Å². The van der Waals surface area contributed by atoms with Crippen molar-refractivity contribution in [2.75, 3.05) is 7.11 Å². The number of ether oxygens (including phenoxy) is 2. The first-order valence-electron chi connectivity index (χ1n) is 10.3. The molecule has 0 saturated heterocycles. The predicted octanol–water partition coefficient (Wildman–Crippen LogP) is 5.79. The van der Waals surface area contributed by atoms with Crippen molar-refractivity contribution in [3.05, 3.63) is 59.2 Å². The molecule has 1 aliphatic rings. The highest BCUT2D eigenvalue weighted by molar-refractivity contribution is 5.43. The second kappa shape index (κ2) is 10.4. The topological polar surface area (TPSA) is 30.5 Å². The Hall–Kier alpha value is -2.00. The first-order valence-corrected chi connectivity index (χ1v) is 10.3. The zero-order valence-electron chi connectivity index (χ0n) is 16.8. The van der Waals surface area contributed by atoms with Crippen molar-refractivity contribution in [2.45, 2.75) is 71.1 Å². The Bertz CT molecular complexity index is 705. The Balaban J connectivity index is 1.57. The summed E-state index contributed by atoms with van der Waals surface area (Å²) in [5, 5.41) is 3.75. The summed E-state index contributed by atoms with van der Waals surface area (Å²) in [6.45, 7) is 3.56. The van der Waals surface area contributed by atoms with Crippen molar-refractivity contribution in [1.82, 2.24) is 5.32 Å². The molecule has 27 heavy (non-hydrogen) atoms. The summed E-state index contributed by atoms with van der Waals surface area (Å²) in [5.41, 5.74) is 3.70. The van der Waals surface area contributed by atoms with E-state index in [1.165, 1.54) is 61.6 Å². The van der Waals surface area contributed by atoms with Crippen LogP contribution in [0.15, 0.2) is 42.5 Å². The Morgan fingerprint density at radius 3 is 2.41 bits per heavy atom. The zero-order chi connectivity index (χ0) is 18.9. The van der Waals surface area contributed by atoms with E-state index in [1.807, 2.05) is 12.1 Å². The Morgan fingerprint density at radius 2 is 1.67 bits per heavy atom. The monoisotopic (exact) mass is 367 g/mol. The summed E-state index contributed by atoms with van der Waals surface area (Å²) in [4.78, 5) is 0. The molecule has 146 valence electrons. The zero-order valence-corrected chi connectivity index (χ0v) is 16.8. The number of nitrogens with one attached hydrogen (secondary N) is 1. The van der Waals surface area contributed by atoms with Crippen molar-refractivity contribution in [3.63, 3.8) is 0 Å². The van der Waals surface area contributed by atoms with Crippen LogP contribution in [0.3, 0.4) is 0 Å². The second-order valence-corrected chi connectivity index (χ2v) is 7.62. The molecule has 2 aromatic carbocycles. The fraction of sp³-hybridized carbons (Fsp3) is 0.500. The summed E-state index contributed by atoms with van der Waals surface area (Å²) in [5.74, 6) is 1.61. The van der Waals surface area contributed by atoms with E-state index in [0.717, 1.165) is 18.0 Å². The number of methoxy groups -OCH3 is 1. The largest absolute Gasteiger partial charge is 0.493 e. The highest BCUT2D eigenvalue weighted by Gasteiger charge is 2.12. The lowest BCUT2D eigenvalue weighted by atomic mass is 9.96. The molecule has 0 aliphatic heterocycles. The van der Waals surface area contributed by atoms with Gasteiger partial charge >= 0.3 is 0 Å². The third kappa shape index (κ3) is 6.00. The summed E-state index contributed by atoms with van der Waals surface area (Å²) in [6, 6.07) is 15.2. The van der Waals surface area contributed by atoms with Crippen molar-refractivity contribution >= 4 is 0 Å². The molecule has 1 N–H and O–H groups in total. The number of rotatable bonds is 7. The molecule has 3 nitrogen and oxygen atoms in total. The van der Waals surface area contributed by atoms with Gasteiger partial charge in [0.2, 0.25) is 0 Å². The molecule has 0 unspecified atom stereocenters. The molecular weight excluding hydrogens is 334 g/mol. The van der Waals surface area contributed by atoms with Crippen molar-refractivity contribution in [2.24, 2.45) is 0 Å². The van der Waals surface area contributed by atoms with Crippen LogP contribution in [0.4, 0.5) is 0 Å². The van der Waals surface area contributed by atoms with Crippen LogP contribution >= 0.6 is 0 Å². The average molecular weight is 368 g/mol. The van der Waals surface area contributed by atoms with Gasteiger partial charge in [0.05, 0.1) is 7.11 Å². The van der Waals surface area contributed by atoms with E-state index in [2.05, 4.69) is 42.6 Å². The van der Waals surface area contributed by atoms with Crippen LogP contribution < -0.4 is 14.8 Å². The van der Waals surface area contributed by atoms with E-state index in [4.69, 9.17) is 9.47 Å². The number of hydrogen-bond acceptors (Lipinski definition) is 3. The van der Waals surface area contributed by atoms with Crippen LogP contribution in [-0.4, -0.2) is 13.2 Å². The van der Waals surface area contributed by atoms with Gasteiger partial charge in [-0.25, -0.2) is 0 Å². The van der Waals surface area contributed by atoms with Gasteiger partial charge in [-0.2, -0.15) is 0 Å². The lowest BCUT2D eigenvalue weighted by Crippen LogP contribution is -2.29. The highest BCUT2D eigenvalue weighted by Crippen LogP contribution is 2.29. The van der Waals surface area contributed by atoms with Gasteiger partial charge in [-0.05, 0) is 48.6 Å². The van der Waals surface area contributed by atoms with Gasteiger partial charge in [-0.3, -0.25) is 0 Å². The van der Waals surface area contributed by atoms with Crippen LogP contribution in [0.2, 0.25) is 0 Å². The van der Waals surface area contributed by atoms with E-state index in [-0.39, 0.29) is 0 Å². The van der Waals surface area contributed by atoms with E-state index in [0.29, 0.717) is 12.6 Å². The lowest BCUT2D eigenvalue weighted by Gasteiger charge is -2.21. The third-order valence-electron chi connectivity index (χ3n) is 5.57. The summed E-state index contributed by atoms with van der Waals surface area (Å²) in [6.07, 6.45) is 9.49. The molecule has 1 fully saturated rings. The quantitative estimate of drug-likeness (QED) is 0.672. The van der Waals surface area contributed by atoms with Crippen molar-refractivity contribution in [3.8, 4) is 11.5 Å². The second-order valence-electron chi connectivity index (χ2n) is 7.62. The van der Waals surface area contributed by atoms with Gasteiger partial charge in [0.15, 0.2) is 11.5 Å². The minimum absolute atomic E-state index is 0.558. The maximum atomic E-state index is 6.03. The number of aryl methyl sites for hydroxylation is 1. The minimum Gasteiger partial charge on any atom is -0.493 e. The Morgan fingerprint density at radius 1 is 0.926 bits per heavy atom. The van der Waals surface area contributed by atoms with Crippen LogP contribution in [0.25, 0.3) is 0 Å². The van der Waals surface area contributed by atoms with E-state index in [1.54, 1.807) is 7.11 Å². The minimum atomic E-state index is 0.558. The standard InChI is InChI=1S/C24H33NO2/c1-19-10-8-9-11-21(19)18-27-23-15-14-20(16-24(23)26-2)17-25-22-12-6-4-3-5-7-13-22/h8-11,14-16,22,25H,3-7,12-13,17-18H2,1-2H3. The molecule has 3 rings (SSSR count). The average Bonchev–Trinajstić information content (AvgIpc) is 2.67. The van der Waals surface area contributed by atoms with Gasteiger partial charge in [-0.15, -0.1) is 0 Å². The number of benzene rings is 2. The molecule has 0 bridgehead atoms.